The number of nitrogens with one attached hydrogen (secondary N) is 2. The summed E-state index contributed by atoms with van der Waals surface area (Å²) < 4.78 is 5.50. The lowest BCUT2D eigenvalue weighted by molar-refractivity contribution is 0.101. The van der Waals surface area contributed by atoms with E-state index in [1.54, 1.807) is 18.4 Å². The maximum atomic E-state index is 5.50. The molecule has 1 aliphatic rings. The van der Waals surface area contributed by atoms with Gasteiger partial charge in [-0.05, 0) is 30.7 Å². The lowest BCUT2D eigenvalue weighted by atomic mass is 10.2. The molecule has 1 saturated carbocycles. The first-order valence-corrected chi connectivity index (χ1v) is 7.21. The third-order valence-corrected chi connectivity index (χ3v) is 4.34. The zero-order valence-electron chi connectivity index (χ0n) is 10.7. The SMILES string of the molecule is COC1CCCC1Nc1nc(NN)nc2sccc12. The van der Waals surface area contributed by atoms with Crippen LogP contribution in [0.15, 0.2) is 11.4 Å². The molecule has 2 aromatic heterocycles. The van der Waals surface area contributed by atoms with Crippen LogP contribution in [-0.4, -0.2) is 29.2 Å². The van der Waals surface area contributed by atoms with E-state index in [4.69, 9.17) is 10.6 Å². The summed E-state index contributed by atoms with van der Waals surface area (Å²) >= 11 is 1.58. The van der Waals surface area contributed by atoms with Crippen LogP contribution in [0.1, 0.15) is 19.3 Å². The van der Waals surface area contributed by atoms with E-state index < -0.39 is 0 Å². The van der Waals surface area contributed by atoms with Crippen molar-refractivity contribution in [1.82, 2.24) is 9.97 Å². The van der Waals surface area contributed by atoms with Gasteiger partial charge in [0.05, 0.1) is 17.5 Å². The largest absolute Gasteiger partial charge is 0.379 e. The van der Waals surface area contributed by atoms with Crippen LogP contribution < -0.4 is 16.6 Å². The summed E-state index contributed by atoms with van der Waals surface area (Å²) in [7, 11) is 1.76. The van der Waals surface area contributed by atoms with Gasteiger partial charge in [-0.3, -0.25) is 5.43 Å². The Bertz CT molecular complexity index is 572. The number of rotatable bonds is 4. The van der Waals surface area contributed by atoms with Crippen molar-refractivity contribution in [3.63, 3.8) is 0 Å². The number of methoxy groups -OCH3 is 1. The van der Waals surface area contributed by atoms with Crippen molar-refractivity contribution in [2.24, 2.45) is 5.84 Å². The highest BCUT2D eigenvalue weighted by molar-refractivity contribution is 7.16. The first kappa shape index (κ1) is 12.6. The number of aromatic nitrogens is 2. The maximum Gasteiger partial charge on any atom is 0.240 e. The lowest BCUT2D eigenvalue weighted by Crippen LogP contribution is -2.30. The summed E-state index contributed by atoms with van der Waals surface area (Å²) in [5.41, 5.74) is 2.51. The molecule has 2 unspecified atom stereocenters. The van der Waals surface area contributed by atoms with Gasteiger partial charge in [-0.25, -0.2) is 10.8 Å². The molecule has 1 fully saturated rings. The van der Waals surface area contributed by atoms with E-state index in [-0.39, 0.29) is 6.10 Å². The molecule has 0 aromatic carbocycles. The number of hydrazine groups is 1. The number of nitrogens with two attached hydrogens (primary N) is 1. The van der Waals surface area contributed by atoms with E-state index in [0.29, 0.717) is 12.0 Å². The molecule has 2 heterocycles. The van der Waals surface area contributed by atoms with Gasteiger partial charge in [0.2, 0.25) is 5.95 Å². The molecule has 0 amide bonds. The van der Waals surface area contributed by atoms with Crippen LogP contribution in [0.2, 0.25) is 0 Å². The van der Waals surface area contributed by atoms with Crippen LogP contribution in [0.4, 0.5) is 11.8 Å². The number of ether oxygens (including phenoxy) is 1. The van der Waals surface area contributed by atoms with Crippen molar-refractivity contribution in [3.05, 3.63) is 11.4 Å². The lowest BCUT2D eigenvalue weighted by Gasteiger charge is -2.20. The van der Waals surface area contributed by atoms with Crippen molar-refractivity contribution in [3.8, 4) is 0 Å². The van der Waals surface area contributed by atoms with Gasteiger partial charge in [-0.2, -0.15) is 4.98 Å². The van der Waals surface area contributed by atoms with Crippen LogP contribution >= 0.6 is 11.3 Å². The zero-order chi connectivity index (χ0) is 13.2. The third-order valence-electron chi connectivity index (χ3n) is 3.53. The number of thiophene rings is 1. The number of nitrogens with zero attached hydrogens (tertiary/aromatic N) is 2. The van der Waals surface area contributed by atoms with Gasteiger partial charge in [0.15, 0.2) is 0 Å². The molecule has 0 aliphatic heterocycles. The Morgan fingerprint density at radius 1 is 1.42 bits per heavy atom. The average molecular weight is 279 g/mol. The highest BCUT2D eigenvalue weighted by atomic mass is 32.1. The van der Waals surface area contributed by atoms with Crippen molar-refractivity contribution >= 4 is 33.3 Å². The number of fused-ring (bicyclic) bond motifs is 1. The summed E-state index contributed by atoms with van der Waals surface area (Å²) in [5.74, 6) is 6.68. The van der Waals surface area contributed by atoms with Gasteiger partial charge < -0.3 is 10.1 Å². The van der Waals surface area contributed by atoms with E-state index in [9.17, 15) is 0 Å². The van der Waals surface area contributed by atoms with Crippen LogP contribution in [-0.2, 0) is 4.74 Å². The molecule has 102 valence electrons. The van der Waals surface area contributed by atoms with Gasteiger partial charge in [0.1, 0.15) is 10.6 Å². The predicted molar refractivity (Wildman–Crippen MR) is 77.3 cm³/mol. The second-order valence-corrected chi connectivity index (χ2v) is 5.53. The maximum absolute atomic E-state index is 5.50. The Morgan fingerprint density at radius 3 is 3.11 bits per heavy atom. The van der Waals surface area contributed by atoms with Gasteiger partial charge in [0, 0.05) is 7.11 Å². The smallest absolute Gasteiger partial charge is 0.240 e. The minimum atomic E-state index is 0.248. The van der Waals surface area contributed by atoms with Crippen LogP contribution in [0.5, 0.6) is 0 Å². The number of hydrogen-bond acceptors (Lipinski definition) is 7. The molecule has 0 bridgehead atoms. The predicted octanol–water partition coefficient (Wildman–Crippen LogP) is 1.96. The molecule has 3 rings (SSSR count). The standard InChI is InChI=1S/C12H17N5OS/c1-18-9-4-2-3-8(9)14-10-7-5-6-19-11(7)16-12(15-10)17-13/h5-6,8-9H,2-4,13H2,1H3,(H2,14,15,16,17). The second-order valence-electron chi connectivity index (χ2n) is 4.64. The van der Waals surface area contributed by atoms with Gasteiger partial charge >= 0.3 is 0 Å². The quantitative estimate of drug-likeness (QED) is 0.586. The average Bonchev–Trinajstić information content (AvgIpc) is 3.06. The van der Waals surface area contributed by atoms with E-state index in [1.807, 2.05) is 11.4 Å². The second kappa shape index (κ2) is 5.28. The molecule has 2 atom stereocenters. The van der Waals surface area contributed by atoms with Crippen LogP contribution in [0, 0.1) is 0 Å². The normalized spacial score (nSPS) is 22.8. The summed E-state index contributed by atoms with van der Waals surface area (Å²) in [5, 5.41) is 6.52. The molecule has 19 heavy (non-hydrogen) atoms. The molecule has 0 spiro atoms. The molecule has 6 nitrogen and oxygen atoms in total. The number of anilines is 2. The molecule has 1 aliphatic carbocycles. The Labute approximate surface area is 115 Å². The first-order chi connectivity index (χ1) is 9.31. The van der Waals surface area contributed by atoms with E-state index in [1.165, 1.54) is 6.42 Å². The molecular weight excluding hydrogens is 262 g/mol. The van der Waals surface area contributed by atoms with Crippen LogP contribution in [0.25, 0.3) is 10.2 Å². The highest BCUT2D eigenvalue weighted by Gasteiger charge is 2.27. The molecule has 0 saturated heterocycles. The number of hydrogen-bond donors (Lipinski definition) is 3. The Morgan fingerprint density at radius 2 is 2.32 bits per heavy atom. The highest BCUT2D eigenvalue weighted by Crippen LogP contribution is 2.30. The fourth-order valence-electron chi connectivity index (χ4n) is 2.58. The fraction of sp³-hybridized carbons (Fsp3) is 0.500. The fourth-order valence-corrected chi connectivity index (χ4v) is 3.34. The summed E-state index contributed by atoms with van der Waals surface area (Å²) in [6.07, 6.45) is 3.61. The minimum absolute atomic E-state index is 0.248. The Kier molecular flexibility index (Phi) is 3.50. The zero-order valence-corrected chi connectivity index (χ0v) is 11.5. The Balaban J connectivity index is 1.92. The third kappa shape index (κ3) is 2.36. The summed E-state index contributed by atoms with van der Waals surface area (Å²) in [6.45, 7) is 0. The van der Waals surface area contributed by atoms with Crippen molar-refractivity contribution in [2.75, 3.05) is 17.9 Å². The van der Waals surface area contributed by atoms with Gasteiger partial charge in [0.25, 0.3) is 0 Å². The van der Waals surface area contributed by atoms with E-state index in [2.05, 4.69) is 20.7 Å². The number of nitrogen functional groups attached to an aromatic ring is 1. The van der Waals surface area contributed by atoms with Crippen molar-refractivity contribution in [1.29, 1.82) is 0 Å². The minimum Gasteiger partial charge on any atom is -0.379 e. The van der Waals surface area contributed by atoms with Crippen molar-refractivity contribution in [2.45, 2.75) is 31.4 Å². The Hall–Kier alpha value is -1.44. The van der Waals surface area contributed by atoms with E-state index in [0.717, 1.165) is 28.9 Å². The van der Waals surface area contributed by atoms with E-state index >= 15 is 0 Å². The summed E-state index contributed by atoms with van der Waals surface area (Å²) in [4.78, 5) is 9.67. The molecule has 0 radical (unpaired) electrons. The van der Waals surface area contributed by atoms with Gasteiger partial charge in [-0.1, -0.05) is 0 Å². The van der Waals surface area contributed by atoms with Crippen molar-refractivity contribution < 1.29 is 4.74 Å². The molecule has 7 heteroatoms. The molecular formula is C12H17N5OS. The van der Waals surface area contributed by atoms with Gasteiger partial charge in [-0.15, -0.1) is 11.3 Å². The van der Waals surface area contributed by atoms with Crippen LogP contribution in [0.3, 0.4) is 0 Å². The topological polar surface area (TPSA) is 85.1 Å². The summed E-state index contributed by atoms with van der Waals surface area (Å²) in [6, 6.07) is 2.33. The first-order valence-electron chi connectivity index (χ1n) is 6.33. The molecule has 2 aromatic rings. The monoisotopic (exact) mass is 279 g/mol. The molecule has 4 N–H and O–H groups in total.